The van der Waals surface area contributed by atoms with Gasteiger partial charge in [0.25, 0.3) is 5.91 Å². The van der Waals surface area contributed by atoms with E-state index >= 15 is 0 Å². The molecule has 19 heavy (non-hydrogen) atoms. The van der Waals surface area contributed by atoms with Crippen LogP contribution in [0.4, 0.5) is 10.1 Å². The van der Waals surface area contributed by atoms with Crippen LogP contribution in [0.15, 0.2) is 40.9 Å². The molecule has 0 spiro atoms. The molecule has 0 saturated heterocycles. The fraction of sp³-hybridized carbons (Fsp3) is 0.0714. The number of halogens is 3. The first-order valence-electron chi connectivity index (χ1n) is 5.50. The number of benzene rings is 2. The standard InChI is InChI=1S/C14H10BrClFNO/c1-8-2-5-12(16)13(6-8)18-14(19)10-7-9(17)3-4-11(10)15/h2-7H,1H3,(H,18,19). The molecule has 2 nitrogen and oxygen atoms in total. The second-order valence-corrected chi connectivity index (χ2v) is 5.32. The predicted octanol–water partition coefficient (Wildman–Crippen LogP) is 4.80. The Morgan fingerprint density at radius 2 is 2.00 bits per heavy atom. The molecule has 0 saturated carbocycles. The monoisotopic (exact) mass is 341 g/mol. The SMILES string of the molecule is Cc1ccc(Cl)c(NC(=O)c2cc(F)ccc2Br)c1. The number of anilines is 1. The van der Waals surface area contributed by atoms with Crippen molar-refractivity contribution in [3.8, 4) is 0 Å². The van der Waals surface area contributed by atoms with Gasteiger partial charge in [0.05, 0.1) is 16.3 Å². The van der Waals surface area contributed by atoms with E-state index in [0.29, 0.717) is 15.2 Å². The molecule has 0 bridgehead atoms. The third kappa shape index (κ3) is 3.33. The van der Waals surface area contributed by atoms with Crippen molar-refractivity contribution in [1.82, 2.24) is 0 Å². The molecule has 2 rings (SSSR count). The van der Waals surface area contributed by atoms with Crippen molar-refractivity contribution in [2.75, 3.05) is 5.32 Å². The van der Waals surface area contributed by atoms with Crippen molar-refractivity contribution in [3.05, 3.63) is 62.8 Å². The van der Waals surface area contributed by atoms with E-state index in [1.165, 1.54) is 18.2 Å². The van der Waals surface area contributed by atoms with Gasteiger partial charge in [0, 0.05) is 4.47 Å². The van der Waals surface area contributed by atoms with Gasteiger partial charge in [-0.05, 0) is 58.7 Å². The van der Waals surface area contributed by atoms with Gasteiger partial charge in [-0.1, -0.05) is 17.7 Å². The van der Waals surface area contributed by atoms with Crippen molar-refractivity contribution in [2.24, 2.45) is 0 Å². The quantitative estimate of drug-likeness (QED) is 0.834. The Balaban J connectivity index is 2.30. The summed E-state index contributed by atoms with van der Waals surface area (Å²) in [6.07, 6.45) is 0. The lowest BCUT2D eigenvalue weighted by molar-refractivity contribution is 0.102. The lowest BCUT2D eigenvalue weighted by Crippen LogP contribution is -2.13. The zero-order valence-corrected chi connectivity index (χ0v) is 12.3. The Morgan fingerprint density at radius 1 is 1.26 bits per heavy atom. The van der Waals surface area contributed by atoms with Gasteiger partial charge in [0.15, 0.2) is 0 Å². The smallest absolute Gasteiger partial charge is 0.256 e. The number of carbonyl (C=O) groups is 1. The molecule has 98 valence electrons. The first-order valence-corrected chi connectivity index (χ1v) is 6.67. The van der Waals surface area contributed by atoms with Crippen LogP contribution in [-0.4, -0.2) is 5.91 Å². The Labute approximate surface area is 123 Å². The molecule has 5 heteroatoms. The maximum Gasteiger partial charge on any atom is 0.256 e. The summed E-state index contributed by atoms with van der Waals surface area (Å²) in [5, 5.41) is 3.10. The molecule has 2 aromatic rings. The Hall–Kier alpha value is -1.39. The number of aryl methyl sites for hydroxylation is 1. The van der Waals surface area contributed by atoms with E-state index in [-0.39, 0.29) is 5.56 Å². The summed E-state index contributed by atoms with van der Waals surface area (Å²) in [6, 6.07) is 9.24. The molecule has 0 radical (unpaired) electrons. The molecule has 0 aliphatic carbocycles. The van der Waals surface area contributed by atoms with Crippen molar-refractivity contribution in [2.45, 2.75) is 6.92 Å². The molecule has 2 aromatic carbocycles. The second kappa shape index (κ2) is 5.72. The zero-order chi connectivity index (χ0) is 14.0. The average molecular weight is 343 g/mol. The van der Waals surface area contributed by atoms with E-state index in [9.17, 15) is 9.18 Å². The van der Waals surface area contributed by atoms with Gasteiger partial charge < -0.3 is 5.32 Å². The molecule has 0 unspecified atom stereocenters. The maximum absolute atomic E-state index is 13.2. The zero-order valence-electron chi connectivity index (χ0n) is 10.0. The molecule has 1 N–H and O–H groups in total. The van der Waals surface area contributed by atoms with Gasteiger partial charge >= 0.3 is 0 Å². The lowest BCUT2D eigenvalue weighted by Gasteiger charge is -2.09. The highest BCUT2D eigenvalue weighted by Crippen LogP contribution is 2.25. The van der Waals surface area contributed by atoms with Gasteiger partial charge in [-0.2, -0.15) is 0 Å². The van der Waals surface area contributed by atoms with Crippen LogP contribution in [0.2, 0.25) is 5.02 Å². The molecule has 0 atom stereocenters. The lowest BCUT2D eigenvalue weighted by atomic mass is 10.2. The second-order valence-electron chi connectivity index (χ2n) is 4.06. The van der Waals surface area contributed by atoms with Crippen LogP contribution in [-0.2, 0) is 0 Å². The fourth-order valence-corrected chi connectivity index (χ4v) is 2.19. The minimum absolute atomic E-state index is 0.220. The number of nitrogens with one attached hydrogen (secondary N) is 1. The highest BCUT2D eigenvalue weighted by Gasteiger charge is 2.13. The molecule has 0 aliphatic heterocycles. The van der Waals surface area contributed by atoms with E-state index in [1.807, 2.05) is 13.0 Å². The summed E-state index contributed by atoms with van der Waals surface area (Å²) in [4.78, 5) is 12.1. The van der Waals surface area contributed by atoms with Crippen molar-refractivity contribution >= 4 is 39.1 Å². The van der Waals surface area contributed by atoms with Crippen LogP contribution >= 0.6 is 27.5 Å². The minimum atomic E-state index is -0.469. The summed E-state index contributed by atoms with van der Waals surface area (Å²) in [5.41, 5.74) is 1.69. The van der Waals surface area contributed by atoms with Gasteiger partial charge in [0.1, 0.15) is 5.82 Å². The van der Waals surface area contributed by atoms with E-state index in [1.54, 1.807) is 12.1 Å². The van der Waals surface area contributed by atoms with Crippen molar-refractivity contribution in [3.63, 3.8) is 0 Å². The predicted molar refractivity (Wildman–Crippen MR) is 78.2 cm³/mol. The Kier molecular flexibility index (Phi) is 4.22. The molecule has 0 fully saturated rings. The van der Waals surface area contributed by atoms with Crippen LogP contribution in [0.5, 0.6) is 0 Å². The summed E-state index contributed by atoms with van der Waals surface area (Å²) in [5.74, 6) is -0.887. The van der Waals surface area contributed by atoms with Crippen molar-refractivity contribution < 1.29 is 9.18 Å². The topological polar surface area (TPSA) is 29.1 Å². The van der Waals surface area contributed by atoms with Crippen LogP contribution in [0, 0.1) is 12.7 Å². The molecule has 0 heterocycles. The number of rotatable bonds is 2. The Morgan fingerprint density at radius 3 is 2.74 bits per heavy atom. The highest BCUT2D eigenvalue weighted by atomic mass is 79.9. The van der Waals surface area contributed by atoms with Gasteiger partial charge in [-0.3, -0.25) is 4.79 Å². The van der Waals surface area contributed by atoms with Crippen LogP contribution < -0.4 is 5.32 Å². The van der Waals surface area contributed by atoms with Crippen LogP contribution in [0.25, 0.3) is 0 Å². The Bertz CT molecular complexity index is 645. The molecule has 0 aliphatic rings. The van der Waals surface area contributed by atoms with E-state index < -0.39 is 11.7 Å². The number of carbonyl (C=O) groups excluding carboxylic acids is 1. The fourth-order valence-electron chi connectivity index (χ4n) is 1.60. The highest BCUT2D eigenvalue weighted by molar-refractivity contribution is 9.10. The number of amides is 1. The van der Waals surface area contributed by atoms with Crippen LogP contribution in [0.1, 0.15) is 15.9 Å². The molecule has 0 aromatic heterocycles. The maximum atomic E-state index is 13.2. The first-order chi connectivity index (χ1) is 8.97. The average Bonchev–Trinajstić information content (AvgIpc) is 2.36. The van der Waals surface area contributed by atoms with E-state index in [0.717, 1.165) is 5.56 Å². The van der Waals surface area contributed by atoms with Gasteiger partial charge in [-0.25, -0.2) is 4.39 Å². The van der Waals surface area contributed by atoms with Crippen LogP contribution in [0.3, 0.4) is 0 Å². The number of hydrogen-bond acceptors (Lipinski definition) is 1. The third-order valence-corrected chi connectivity index (χ3v) is 3.56. The third-order valence-electron chi connectivity index (χ3n) is 2.54. The molecular formula is C14H10BrClFNO. The summed E-state index contributed by atoms with van der Waals surface area (Å²) in [6.45, 7) is 1.89. The molecule has 1 amide bonds. The normalized spacial score (nSPS) is 10.3. The minimum Gasteiger partial charge on any atom is -0.321 e. The van der Waals surface area contributed by atoms with E-state index in [4.69, 9.17) is 11.6 Å². The van der Waals surface area contributed by atoms with E-state index in [2.05, 4.69) is 21.2 Å². The summed E-state index contributed by atoms with van der Waals surface area (Å²) < 4.78 is 13.7. The largest absolute Gasteiger partial charge is 0.321 e. The van der Waals surface area contributed by atoms with Crippen molar-refractivity contribution in [1.29, 1.82) is 0 Å². The van der Waals surface area contributed by atoms with Gasteiger partial charge in [0.2, 0.25) is 0 Å². The number of hydrogen-bond donors (Lipinski definition) is 1. The molecular weight excluding hydrogens is 333 g/mol. The van der Waals surface area contributed by atoms with Gasteiger partial charge in [-0.15, -0.1) is 0 Å². The summed E-state index contributed by atoms with van der Waals surface area (Å²) in [7, 11) is 0. The first kappa shape index (κ1) is 14.0. The summed E-state index contributed by atoms with van der Waals surface area (Å²) >= 11 is 9.22.